The molecule has 0 saturated heterocycles. The molecule has 0 radical (unpaired) electrons. The molecule has 1 heterocycles. The van der Waals surface area contributed by atoms with Crippen LogP contribution in [0.1, 0.15) is 0 Å². The van der Waals surface area contributed by atoms with Crippen molar-refractivity contribution < 1.29 is 0 Å². The third-order valence-corrected chi connectivity index (χ3v) is 2.38. The van der Waals surface area contributed by atoms with E-state index < -0.39 is 0 Å². The molecule has 0 spiro atoms. The van der Waals surface area contributed by atoms with E-state index in [4.69, 9.17) is 17.3 Å². The molecule has 0 bridgehead atoms. The number of nitrogen functional groups attached to an aromatic ring is 1. The smallest absolute Gasteiger partial charge is 0.141 e. The van der Waals surface area contributed by atoms with Crippen LogP contribution in [-0.2, 0) is 7.05 Å². The first kappa shape index (κ1) is 9.09. The zero-order valence-electron chi connectivity index (χ0n) is 7.74. The van der Waals surface area contributed by atoms with Crippen molar-refractivity contribution >= 4 is 17.3 Å². The number of halogens is 1. The number of rotatable bonds is 1. The first-order valence-electron chi connectivity index (χ1n) is 4.21. The molecule has 0 aliphatic heterocycles. The fraction of sp³-hybridized carbons (Fsp3) is 0.100. The molecule has 0 fully saturated rings. The van der Waals surface area contributed by atoms with E-state index in [2.05, 4.69) is 4.98 Å². The van der Waals surface area contributed by atoms with Gasteiger partial charge in [-0.3, -0.25) is 0 Å². The fourth-order valence-electron chi connectivity index (χ4n) is 1.34. The molecule has 0 saturated carbocycles. The number of hydrogen-bond donors (Lipinski definition) is 1. The first-order chi connectivity index (χ1) is 6.68. The predicted molar refractivity (Wildman–Crippen MR) is 58.1 cm³/mol. The number of imidazole rings is 1. The summed E-state index contributed by atoms with van der Waals surface area (Å²) >= 11 is 6.05. The molecule has 0 atom stereocenters. The van der Waals surface area contributed by atoms with Gasteiger partial charge in [-0.05, 0) is 18.2 Å². The standard InChI is InChI=1S/C10H10ClN3/c1-14-5-4-13-10(14)8-6-7(12)2-3-9(8)11/h2-6H,12H2,1H3. The van der Waals surface area contributed by atoms with Gasteiger partial charge in [-0.2, -0.15) is 0 Å². The maximum absolute atomic E-state index is 6.05. The Morgan fingerprint density at radius 1 is 1.43 bits per heavy atom. The third-order valence-electron chi connectivity index (χ3n) is 2.05. The molecular formula is C10H10ClN3. The lowest BCUT2D eigenvalue weighted by atomic mass is 10.2. The van der Waals surface area contributed by atoms with E-state index in [1.807, 2.05) is 23.9 Å². The van der Waals surface area contributed by atoms with Crippen LogP contribution in [0.25, 0.3) is 11.4 Å². The summed E-state index contributed by atoms with van der Waals surface area (Å²) in [5.41, 5.74) is 7.24. The SMILES string of the molecule is Cn1ccnc1-c1cc(N)ccc1Cl. The van der Waals surface area contributed by atoms with Crippen LogP contribution in [0.15, 0.2) is 30.6 Å². The number of nitrogens with zero attached hydrogens (tertiary/aromatic N) is 2. The zero-order valence-corrected chi connectivity index (χ0v) is 8.49. The highest BCUT2D eigenvalue weighted by Crippen LogP contribution is 2.27. The van der Waals surface area contributed by atoms with E-state index in [0.717, 1.165) is 11.4 Å². The fourth-order valence-corrected chi connectivity index (χ4v) is 1.54. The molecule has 2 rings (SSSR count). The summed E-state index contributed by atoms with van der Waals surface area (Å²) in [6.07, 6.45) is 3.60. The molecule has 0 amide bonds. The van der Waals surface area contributed by atoms with Crippen molar-refractivity contribution in [2.24, 2.45) is 7.05 Å². The van der Waals surface area contributed by atoms with Crippen LogP contribution in [0.4, 0.5) is 5.69 Å². The minimum absolute atomic E-state index is 0.661. The molecular weight excluding hydrogens is 198 g/mol. The lowest BCUT2D eigenvalue weighted by Gasteiger charge is -2.05. The Kier molecular flexibility index (Phi) is 2.17. The van der Waals surface area contributed by atoms with Crippen molar-refractivity contribution in [3.63, 3.8) is 0 Å². The summed E-state index contributed by atoms with van der Waals surface area (Å²) in [5, 5.41) is 0.661. The average molecular weight is 208 g/mol. The maximum atomic E-state index is 6.05. The van der Waals surface area contributed by atoms with Crippen molar-refractivity contribution in [2.75, 3.05) is 5.73 Å². The predicted octanol–water partition coefficient (Wildman–Crippen LogP) is 2.32. The van der Waals surface area contributed by atoms with Crippen LogP contribution in [0.2, 0.25) is 5.02 Å². The number of benzene rings is 1. The monoisotopic (exact) mass is 207 g/mol. The molecule has 72 valence electrons. The highest BCUT2D eigenvalue weighted by Gasteiger charge is 2.07. The minimum Gasteiger partial charge on any atom is -0.399 e. The summed E-state index contributed by atoms with van der Waals surface area (Å²) in [6.45, 7) is 0. The van der Waals surface area contributed by atoms with Gasteiger partial charge in [-0.1, -0.05) is 11.6 Å². The van der Waals surface area contributed by atoms with Crippen LogP contribution >= 0.6 is 11.6 Å². The zero-order chi connectivity index (χ0) is 10.1. The second-order valence-electron chi connectivity index (χ2n) is 3.10. The Balaban J connectivity index is 2.62. The lowest BCUT2D eigenvalue weighted by Crippen LogP contribution is -1.93. The van der Waals surface area contributed by atoms with Gasteiger partial charge in [0.25, 0.3) is 0 Å². The van der Waals surface area contributed by atoms with Gasteiger partial charge in [0.1, 0.15) is 5.82 Å². The molecule has 2 aromatic rings. The summed E-state index contributed by atoms with van der Waals surface area (Å²) in [5.74, 6) is 0.822. The highest BCUT2D eigenvalue weighted by atomic mass is 35.5. The third kappa shape index (κ3) is 1.46. The normalized spacial score (nSPS) is 10.4. The van der Waals surface area contributed by atoms with E-state index in [9.17, 15) is 0 Å². The molecule has 0 unspecified atom stereocenters. The van der Waals surface area contributed by atoms with Gasteiger partial charge in [-0.25, -0.2) is 4.98 Å². The van der Waals surface area contributed by atoms with Gasteiger partial charge in [0.2, 0.25) is 0 Å². The molecule has 4 heteroatoms. The largest absolute Gasteiger partial charge is 0.399 e. The Morgan fingerprint density at radius 2 is 2.21 bits per heavy atom. The number of aromatic nitrogens is 2. The van der Waals surface area contributed by atoms with Crippen LogP contribution in [0, 0.1) is 0 Å². The molecule has 0 aliphatic rings. The van der Waals surface area contributed by atoms with Gasteiger partial charge >= 0.3 is 0 Å². The number of hydrogen-bond acceptors (Lipinski definition) is 2. The van der Waals surface area contributed by atoms with Gasteiger partial charge in [-0.15, -0.1) is 0 Å². The average Bonchev–Trinajstić information content (AvgIpc) is 2.56. The number of nitrogens with two attached hydrogens (primary N) is 1. The van der Waals surface area contributed by atoms with Crippen molar-refractivity contribution in [1.82, 2.24) is 9.55 Å². The molecule has 0 aliphatic carbocycles. The molecule has 2 N–H and O–H groups in total. The minimum atomic E-state index is 0.661. The Morgan fingerprint density at radius 3 is 2.86 bits per heavy atom. The van der Waals surface area contributed by atoms with Gasteiger partial charge < -0.3 is 10.3 Å². The second-order valence-corrected chi connectivity index (χ2v) is 3.51. The Bertz CT molecular complexity index is 462. The van der Waals surface area contributed by atoms with Crippen molar-refractivity contribution in [3.05, 3.63) is 35.6 Å². The molecule has 14 heavy (non-hydrogen) atoms. The van der Waals surface area contributed by atoms with Gasteiger partial charge in [0.05, 0.1) is 5.02 Å². The van der Waals surface area contributed by atoms with Crippen LogP contribution in [0.5, 0.6) is 0 Å². The Hall–Kier alpha value is -1.48. The summed E-state index contributed by atoms with van der Waals surface area (Å²) in [6, 6.07) is 5.38. The summed E-state index contributed by atoms with van der Waals surface area (Å²) in [4.78, 5) is 4.21. The molecule has 3 nitrogen and oxygen atoms in total. The topological polar surface area (TPSA) is 43.8 Å². The Labute approximate surface area is 87.1 Å². The number of aryl methyl sites for hydroxylation is 1. The van der Waals surface area contributed by atoms with E-state index in [-0.39, 0.29) is 0 Å². The van der Waals surface area contributed by atoms with Crippen molar-refractivity contribution in [3.8, 4) is 11.4 Å². The van der Waals surface area contributed by atoms with E-state index in [1.165, 1.54) is 0 Å². The van der Waals surface area contributed by atoms with Gasteiger partial charge in [0.15, 0.2) is 0 Å². The molecule has 1 aromatic heterocycles. The van der Waals surface area contributed by atoms with Crippen LogP contribution in [0.3, 0.4) is 0 Å². The second kappa shape index (κ2) is 3.35. The summed E-state index contributed by atoms with van der Waals surface area (Å²) < 4.78 is 1.90. The number of anilines is 1. The molecule has 1 aromatic carbocycles. The van der Waals surface area contributed by atoms with E-state index >= 15 is 0 Å². The van der Waals surface area contributed by atoms with Crippen molar-refractivity contribution in [2.45, 2.75) is 0 Å². The van der Waals surface area contributed by atoms with E-state index in [0.29, 0.717) is 10.7 Å². The van der Waals surface area contributed by atoms with Crippen LogP contribution < -0.4 is 5.73 Å². The first-order valence-corrected chi connectivity index (χ1v) is 4.59. The lowest BCUT2D eigenvalue weighted by molar-refractivity contribution is 0.925. The quantitative estimate of drug-likeness (QED) is 0.730. The van der Waals surface area contributed by atoms with Crippen molar-refractivity contribution in [1.29, 1.82) is 0 Å². The summed E-state index contributed by atoms with van der Waals surface area (Å²) in [7, 11) is 1.92. The van der Waals surface area contributed by atoms with E-state index in [1.54, 1.807) is 18.3 Å². The maximum Gasteiger partial charge on any atom is 0.141 e. The highest BCUT2D eigenvalue weighted by molar-refractivity contribution is 6.33. The van der Waals surface area contributed by atoms with Crippen LogP contribution in [-0.4, -0.2) is 9.55 Å². The van der Waals surface area contributed by atoms with Gasteiger partial charge in [0, 0.05) is 30.7 Å².